The fraction of sp³-hybridized carbons (Fsp3) is 0.733. The summed E-state index contributed by atoms with van der Waals surface area (Å²) in [4.78, 5) is 26.6. The van der Waals surface area contributed by atoms with Crippen molar-refractivity contribution in [1.82, 2.24) is 15.1 Å². The molecule has 1 N–H and O–H groups in total. The van der Waals surface area contributed by atoms with Crippen LogP contribution >= 0.6 is 23.1 Å². The minimum atomic E-state index is -0.0379. The van der Waals surface area contributed by atoms with Crippen LogP contribution in [0.15, 0.2) is 5.51 Å². The van der Waals surface area contributed by atoms with Gasteiger partial charge in [-0.2, -0.15) is 11.8 Å². The van der Waals surface area contributed by atoms with Crippen molar-refractivity contribution in [3.8, 4) is 0 Å². The summed E-state index contributed by atoms with van der Waals surface area (Å²) in [6.45, 7) is 1.37. The first kappa shape index (κ1) is 16.7. The van der Waals surface area contributed by atoms with Crippen molar-refractivity contribution in [2.45, 2.75) is 32.1 Å². The molecule has 1 saturated carbocycles. The number of nitrogens with zero attached hydrogens (tertiary/aromatic N) is 3. The molecule has 2 aliphatic rings. The molecule has 0 atom stereocenters. The van der Waals surface area contributed by atoms with E-state index in [9.17, 15) is 9.59 Å². The molecule has 126 valence electrons. The number of likely N-dealkylation sites (tertiary alicyclic amines) is 1. The highest BCUT2D eigenvalue weighted by Crippen LogP contribution is 2.51. The Labute approximate surface area is 144 Å². The topological polar surface area (TPSA) is 75.2 Å². The molecule has 0 bridgehead atoms. The van der Waals surface area contributed by atoms with Crippen LogP contribution in [-0.4, -0.2) is 52.0 Å². The first-order valence-electron chi connectivity index (χ1n) is 7.96. The van der Waals surface area contributed by atoms with Crippen LogP contribution in [0.2, 0.25) is 0 Å². The second-order valence-corrected chi connectivity index (χ2v) is 8.20. The summed E-state index contributed by atoms with van der Waals surface area (Å²) in [5.41, 5.74) is 1.86. The number of hydrogen-bond donors (Lipinski definition) is 1. The van der Waals surface area contributed by atoms with Crippen molar-refractivity contribution in [1.29, 1.82) is 0 Å². The van der Waals surface area contributed by atoms with Crippen molar-refractivity contribution in [3.05, 3.63) is 5.51 Å². The SMILES string of the molecule is CSCC1(CC(=O)N2CCC(C(=O)Nc3nncs3)CC2)CC1. The maximum absolute atomic E-state index is 12.5. The van der Waals surface area contributed by atoms with Crippen LogP contribution in [0.25, 0.3) is 0 Å². The maximum Gasteiger partial charge on any atom is 0.229 e. The van der Waals surface area contributed by atoms with E-state index >= 15 is 0 Å². The van der Waals surface area contributed by atoms with E-state index in [0.29, 0.717) is 24.6 Å². The van der Waals surface area contributed by atoms with Gasteiger partial charge in [-0.25, -0.2) is 0 Å². The van der Waals surface area contributed by atoms with Crippen molar-refractivity contribution in [2.75, 3.05) is 30.4 Å². The summed E-state index contributed by atoms with van der Waals surface area (Å²) in [5, 5.41) is 10.9. The van der Waals surface area contributed by atoms with E-state index in [1.54, 1.807) is 5.51 Å². The summed E-state index contributed by atoms with van der Waals surface area (Å²) in [6, 6.07) is 0. The number of rotatable bonds is 6. The first-order valence-corrected chi connectivity index (χ1v) is 10.2. The summed E-state index contributed by atoms with van der Waals surface area (Å²) < 4.78 is 0. The van der Waals surface area contributed by atoms with Crippen LogP contribution in [0.4, 0.5) is 5.13 Å². The third-order valence-corrected chi connectivity index (χ3v) is 6.25. The van der Waals surface area contributed by atoms with Gasteiger partial charge in [-0.05, 0) is 43.1 Å². The fourth-order valence-corrected chi connectivity index (χ4v) is 4.56. The van der Waals surface area contributed by atoms with E-state index in [-0.39, 0.29) is 23.1 Å². The highest BCUT2D eigenvalue weighted by atomic mass is 32.2. The molecule has 1 aliphatic heterocycles. The van der Waals surface area contributed by atoms with E-state index < -0.39 is 0 Å². The summed E-state index contributed by atoms with van der Waals surface area (Å²) in [5.74, 6) is 1.30. The Bertz CT molecular complexity index is 552. The van der Waals surface area contributed by atoms with Gasteiger partial charge < -0.3 is 10.2 Å². The van der Waals surface area contributed by atoms with Gasteiger partial charge in [0.15, 0.2) is 0 Å². The molecule has 2 heterocycles. The van der Waals surface area contributed by atoms with Gasteiger partial charge in [0.2, 0.25) is 16.9 Å². The molecule has 8 heteroatoms. The number of thioether (sulfide) groups is 1. The van der Waals surface area contributed by atoms with Crippen LogP contribution in [-0.2, 0) is 9.59 Å². The van der Waals surface area contributed by atoms with Gasteiger partial charge >= 0.3 is 0 Å². The molecule has 1 aromatic rings. The molecular formula is C15H22N4O2S2. The summed E-state index contributed by atoms with van der Waals surface area (Å²) in [7, 11) is 0. The second kappa shape index (κ2) is 7.17. The van der Waals surface area contributed by atoms with E-state index in [2.05, 4.69) is 21.8 Å². The van der Waals surface area contributed by atoms with Gasteiger partial charge in [0, 0.05) is 25.4 Å². The summed E-state index contributed by atoms with van der Waals surface area (Å²) >= 11 is 3.15. The van der Waals surface area contributed by atoms with Gasteiger partial charge in [0.25, 0.3) is 0 Å². The molecule has 6 nitrogen and oxygen atoms in total. The van der Waals surface area contributed by atoms with Gasteiger partial charge in [-0.15, -0.1) is 10.2 Å². The van der Waals surface area contributed by atoms with Gasteiger partial charge in [-0.1, -0.05) is 11.3 Å². The number of hydrogen-bond acceptors (Lipinski definition) is 6. The molecular weight excluding hydrogens is 332 g/mol. The zero-order valence-electron chi connectivity index (χ0n) is 13.3. The lowest BCUT2D eigenvalue weighted by atomic mass is 9.95. The molecule has 1 aromatic heterocycles. The Hall–Kier alpha value is -1.15. The molecule has 0 radical (unpaired) electrons. The Morgan fingerprint density at radius 3 is 2.74 bits per heavy atom. The molecule has 23 heavy (non-hydrogen) atoms. The Balaban J connectivity index is 1.44. The van der Waals surface area contributed by atoms with E-state index in [4.69, 9.17) is 0 Å². The van der Waals surface area contributed by atoms with Crippen LogP contribution in [0, 0.1) is 11.3 Å². The predicted molar refractivity (Wildman–Crippen MR) is 92.5 cm³/mol. The average molecular weight is 355 g/mol. The lowest BCUT2D eigenvalue weighted by molar-refractivity contribution is -0.135. The largest absolute Gasteiger partial charge is 0.343 e. The highest BCUT2D eigenvalue weighted by Gasteiger charge is 2.44. The number of aromatic nitrogens is 2. The minimum absolute atomic E-state index is 0.00473. The standard InChI is InChI=1S/C15H22N4O2S2/c1-22-9-15(4-5-15)8-12(20)19-6-2-11(3-7-19)13(21)17-14-18-16-10-23-14/h10-11H,2-9H2,1H3,(H,17,18,21). The molecule has 2 fully saturated rings. The van der Waals surface area contributed by atoms with Gasteiger partial charge in [-0.3, -0.25) is 9.59 Å². The van der Waals surface area contributed by atoms with E-state index in [0.717, 1.165) is 18.6 Å². The molecule has 2 amide bonds. The third kappa shape index (κ3) is 4.23. The molecule has 1 saturated heterocycles. The molecule has 0 unspecified atom stereocenters. The fourth-order valence-electron chi connectivity index (χ4n) is 3.11. The second-order valence-electron chi connectivity index (χ2n) is 6.50. The quantitative estimate of drug-likeness (QED) is 0.848. The Morgan fingerprint density at radius 2 is 2.17 bits per heavy atom. The smallest absolute Gasteiger partial charge is 0.229 e. The van der Waals surface area contributed by atoms with Crippen molar-refractivity contribution < 1.29 is 9.59 Å². The average Bonchev–Trinajstić information content (AvgIpc) is 3.09. The summed E-state index contributed by atoms with van der Waals surface area (Å²) in [6.07, 6.45) is 6.60. The predicted octanol–water partition coefficient (Wildman–Crippen LogP) is 2.25. The highest BCUT2D eigenvalue weighted by molar-refractivity contribution is 7.98. The lowest BCUT2D eigenvalue weighted by Crippen LogP contribution is -2.42. The third-order valence-electron chi connectivity index (χ3n) is 4.74. The van der Waals surface area contributed by atoms with Gasteiger partial charge in [0.05, 0.1) is 0 Å². The minimum Gasteiger partial charge on any atom is -0.343 e. The van der Waals surface area contributed by atoms with E-state index in [1.165, 1.54) is 24.2 Å². The lowest BCUT2D eigenvalue weighted by Gasteiger charge is -2.32. The van der Waals surface area contributed by atoms with Crippen molar-refractivity contribution in [2.24, 2.45) is 11.3 Å². The van der Waals surface area contributed by atoms with Crippen LogP contribution < -0.4 is 5.32 Å². The monoisotopic (exact) mass is 354 g/mol. The van der Waals surface area contributed by atoms with Crippen LogP contribution in [0.5, 0.6) is 0 Å². The molecule has 0 spiro atoms. The number of nitrogens with one attached hydrogen (secondary N) is 1. The van der Waals surface area contributed by atoms with Crippen LogP contribution in [0.1, 0.15) is 32.1 Å². The maximum atomic E-state index is 12.5. The zero-order valence-corrected chi connectivity index (χ0v) is 14.9. The van der Waals surface area contributed by atoms with Gasteiger partial charge in [0.1, 0.15) is 5.51 Å². The number of piperidine rings is 1. The molecule has 0 aromatic carbocycles. The number of carbonyl (C=O) groups excluding carboxylic acids is 2. The Kier molecular flexibility index (Phi) is 5.21. The normalized spacial score (nSPS) is 20.3. The first-order chi connectivity index (χ1) is 11.1. The number of amides is 2. The van der Waals surface area contributed by atoms with Crippen LogP contribution in [0.3, 0.4) is 0 Å². The Morgan fingerprint density at radius 1 is 1.43 bits per heavy atom. The number of anilines is 1. The van der Waals surface area contributed by atoms with Crippen molar-refractivity contribution >= 4 is 40.0 Å². The molecule has 3 rings (SSSR count). The van der Waals surface area contributed by atoms with E-state index in [1.807, 2.05) is 16.7 Å². The van der Waals surface area contributed by atoms with Crippen molar-refractivity contribution in [3.63, 3.8) is 0 Å². The number of carbonyl (C=O) groups is 2. The zero-order chi connectivity index (χ0) is 16.3. The molecule has 1 aliphatic carbocycles.